The summed E-state index contributed by atoms with van der Waals surface area (Å²) in [6.07, 6.45) is -10.2. The molecule has 10 atom stereocenters. The molecule has 1 aromatic rings. The SMILES string of the molecule is CC(=O)NC1C(OP(=O)([O-])OP(=O)([O-])OC2OC(n3ccc(=O)[nH]c3=O)CC2N=[N+]=[N-])OC(CO)C(O)C1O. The third-order valence-corrected chi connectivity index (χ3v) is 7.86. The molecule has 2 aliphatic heterocycles. The van der Waals surface area contributed by atoms with Crippen molar-refractivity contribution in [2.24, 2.45) is 5.11 Å². The van der Waals surface area contributed by atoms with Gasteiger partial charge in [0.25, 0.3) is 21.2 Å². The van der Waals surface area contributed by atoms with Crippen LogP contribution < -0.4 is 26.4 Å². The van der Waals surface area contributed by atoms with Crippen LogP contribution in [0, 0.1) is 0 Å². The van der Waals surface area contributed by atoms with Crippen molar-refractivity contribution in [3.8, 4) is 0 Å². The highest BCUT2D eigenvalue weighted by Crippen LogP contribution is 2.58. The molecule has 1 amide bonds. The van der Waals surface area contributed by atoms with E-state index in [0.717, 1.165) is 23.8 Å². The van der Waals surface area contributed by atoms with Crippen molar-refractivity contribution < 1.29 is 61.9 Å². The first-order valence-electron chi connectivity index (χ1n) is 10.8. The summed E-state index contributed by atoms with van der Waals surface area (Å²) in [7, 11) is -11.9. The quantitative estimate of drug-likeness (QED) is 0.0749. The van der Waals surface area contributed by atoms with Crippen molar-refractivity contribution in [2.75, 3.05) is 6.61 Å². The normalized spacial score (nSPS) is 33.9. The summed E-state index contributed by atoms with van der Waals surface area (Å²) < 4.78 is 49.0. The van der Waals surface area contributed by atoms with Crippen LogP contribution in [0.25, 0.3) is 10.4 Å². The Morgan fingerprint density at radius 2 is 1.90 bits per heavy atom. The average molecular weight is 600 g/mol. The van der Waals surface area contributed by atoms with Gasteiger partial charge in [0.05, 0.1) is 12.6 Å². The fourth-order valence-electron chi connectivity index (χ4n) is 3.69. The second-order valence-electron chi connectivity index (χ2n) is 8.10. The summed E-state index contributed by atoms with van der Waals surface area (Å²) in [5.41, 5.74) is 7.07. The van der Waals surface area contributed by atoms with E-state index in [1.165, 1.54) is 0 Å². The maximum Gasteiger partial charge on any atom is 0.330 e. The van der Waals surface area contributed by atoms with E-state index in [1.54, 1.807) is 0 Å². The number of nitrogens with zero attached hydrogens (tertiary/aromatic N) is 4. The Morgan fingerprint density at radius 1 is 1.26 bits per heavy atom. The van der Waals surface area contributed by atoms with Gasteiger partial charge in [-0.3, -0.25) is 37.3 Å². The van der Waals surface area contributed by atoms with Crippen LogP contribution in [0.15, 0.2) is 27.0 Å². The van der Waals surface area contributed by atoms with Gasteiger partial charge in [-0.25, -0.2) is 9.11 Å². The summed E-state index contributed by atoms with van der Waals surface area (Å²) in [6, 6.07) is -2.24. The predicted octanol–water partition coefficient (Wildman–Crippen LogP) is -3.61. The Labute approximate surface area is 216 Å². The summed E-state index contributed by atoms with van der Waals surface area (Å²) in [5, 5.41) is 34.8. The van der Waals surface area contributed by atoms with Crippen LogP contribution in [0.3, 0.4) is 0 Å². The number of H-pyrrole nitrogens is 1. The molecule has 0 aromatic carbocycles. The molecule has 3 heterocycles. The molecule has 2 aliphatic rings. The van der Waals surface area contributed by atoms with Crippen LogP contribution in [-0.4, -0.2) is 80.4 Å². The highest BCUT2D eigenvalue weighted by atomic mass is 31.3. The molecule has 0 radical (unpaired) electrons. The first-order valence-corrected chi connectivity index (χ1v) is 13.7. The minimum atomic E-state index is -5.98. The van der Waals surface area contributed by atoms with Crippen molar-refractivity contribution in [3.63, 3.8) is 0 Å². The van der Waals surface area contributed by atoms with E-state index < -0.39 is 88.6 Å². The second kappa shape index (κ2) is 12.4. The van der Waals surface area contributed by atoms with Crippen LogP contribution in [-0.2, 0) is 36.8 Å². The number of aliphatic hydroxyl groups is 3. The maximum absolute atomic E-state index is 12.4. The number of aliphatic hydroxyl groups excluding tert-OH is 3. The van der Waals surface area contributed by atoms with Gasteiger partial charge in [-0.05, 0) is 5.53 Å². The molecular formula is C16H22N6O15P2-2. The minimum absolute atomic E-state index is 0.344. The summed E-state index contributed by atoms with van der Waals surface area (Å²) in [5.74, 6) is -0.830. The molecule has 39 heavy (non-hydrogen) atoms. The summed E-state index contributed by atoms with van der Waals surface area (Å²) >= 11 is 0. The Morgan fingerprint density at radius 3 is 2.46 bits per heavy atom. The number of phosphoric ester groups is 2. The molecule has 23 heteroatoms. The predicted molar refractivity (Wildman–Crippen MR) is 117 cm³/mol. The van der Waals surface area contributed by atoms with Crippen LogP contribution in [0.1, 0.15) is 19.6 Å². The van der Waals surface area contributed by atoms with Crippen molar-refractivity contribution in [1.82, 2.24) is 14.9 Å². The number of rotatable bonds is 10. The van der Waals surface area contributed by atoms with Crippen LogP contribution >= 0.6 is 15.6 Å². The van der Waals surface area contributed by atoms with Gasteiger partial charge >= 0.3 is 5.69 Å². The third-order valence-electron chi connectivity index (χ3n) is 5.33. The summed E-state index contributed by atoms with van der Waals surface area (Å²) in [4.78, 5) is 64.0. The van der Waals surface area contributed by atoms with E-state index >= 15 is 0 Å². The number of ether oxygens (including phenoxy) is 2. The van der Waals surface area contributed by atoms with Gasteiger partial charge < -0.3 is 39.9 Å². The number of amides is 1. The number of hydrogen-bond acceptors (Lipinski definition) is 16. The Bertz CT molecular complexity index is 1320. The molecule has 10 unspecified atom stereocenters. The molecule has 0 spiro atoms. The van der Waals surface area contributed by atoms with Gasteiger partial charge in [0.15, 0.2) is 12.6 Å². The second-order valence-corrected chi connectivity index (χ2v) is 11.0. The smallest absolute Gasteiger partial charge is 0.330 e. The molecule has 1 aromatic heterocycles. The van der Waals surface area contributed by atoms with Crippen molar-refractivity contribution in [1.29, 1.82) is 0 Å². The number of phosphoric acid groups is 2. The fraction of sp³-hybridized carbons (Fsp3) is 0.688. The number of hydrogen-bond donors (Lipinski definition) is 5. The number of carbonyl (C=O) groups excluding carboxylic acids is 1. The zero-order valence-electron chi connectivity index (χ0n) is 19.6. The minimum Gasteiger partial charge on any atom is -0.756 e. The molecule has 3 rings (SSSR count). The molecule has 2 saturated heterocycles. The Hall–Kier alpha value is -2.48. The van der Waals surface area contributed by atoms with E-state index in [0.29, 0.717) is 0 Å². The van der Waals surface area contributed by atoms with Gasteiger partial charge in [0.2, 0.25) is 5.91 Å². The van der Waals surface area contributed by atoms with Gasteiger partial charge in [0.1, 0.15) is 30.6 Å². The standard InChI is InChI=1S/C16H24N6O15P2/c1-6(24)18-11-13(27)12(26)8(5-23)33-15(11)36-39(31,32)37-38(29,30)35-14-7(20-21-17)4-10(34-14)22-3-2-9(25)19-16(22)28/h2-3,7-8,10-15,23,26-27H,4-5H2,1H3,(H,18,24)(H,29,30)(H,31,32)(H,19,25,28)/p-2. The maximum atomic E-state index is 12.4. The lowest BCUT2D eigenvalue weighted by Crippen LogP contribution is -2.64. The largest absolute Gasteiger partial charge is 0.756 e. The van der Waals surface area contributed by atoms with E-state index in [4.69, 9.17) is 15.0 Å². The van der Waals surface area contributed by atoms with E-state index in [2.05, 4.69) is 28.7 Å². The molecule has 0 aliphatic carbocycles. The molecule has 21 nitrogen and oxygen atoms in total. The van der Waals surface area contributed by atoms with Gasteiger partial charge in [-0.1, -0.05) is 5.11 Å². The number of carbonyl (C=O) groups is 1. The highest BCUT2D eigenvalue weighted by Gasteiger charge is 2.47. The molecule has 218 valence electrons. The van der Waals surface area contributed by atoms with Crippen LogP contribution in [0.5, 0.6) is 0 Å². The van der Waals surface area contributed by atoms with Crippen LogP contribution in [0.4, 0.5) is 0 Å². The first-order chi connectivity index (χ1) is 18.2. The molecular weight excluding hydrogens is 578 g/mol. The fourth-order valence-corrected chi connectivity index (χ4v) is 5.86. The van der Waals surface area contributed by atoms with E-state index in [-0.39, 0.29) is 6.42 Å². The highest BCUT2D eigenvalue weighted by molar-refractivity contribution is 7.59. The van der Waals surface area contributed by atoms with Gasteiger partial charge in [-0.15, -0.1) is 0 Å². The van der Waals surface area contributed by atoms with E-state index in [9.17, 15) is 48.6 Å². The van der Waals surface area contributed by atoms with Crippen LogP contribution in [0.2, 0.25) is 0 Å². The van der Waals surface area contributed by atoms with Crippen molar-refractivity contribution in [3.05, 3.63) is 43.5 Å². The molecule has 5 N–H and O–H groups in total. The number of aromatic nitrogens is 2. The monoisotopic (exact) mass is 600 g/mol. The van der Waals surface area contributed by atoms with Gasteiger partial charge in [-0.2, -0.15) is 0 Å². The first kappa shape index (κ1) is 31.1. The zero-order valence-corrected chi connectivity index (χ0v) is 21.4. The number of aromatic amines is 1. The average Bonchev–Trinajstić information content (AvgIpc) is 3.18. The Kier molecular flexibility index (Phi) is 9.84. The van der Waals surface area contributed by atoms with Gasteiger partial charge in [0, 0.05) is 30.5 Å². The molecule has 0 saturated carbocycles. The molecule has 2 fully saturated rings. The third kappa shape index (κ3) is 7.80. The van der Waals surface area contributed by atoms with Crippen molar-refractivity contribution in [2.45, 2.75) is 62.5 Å². The lowest BCUT2D eigenvalue weighted by Gasteiger charge is -2.44. The molecule has 0 bridgehead atoms. The lowest BCUT2D eigenvalue weighted by molar-refractivity contribution is -0.287. The summed E-state index contributed by atoms with van der Waals surface area (Å²) in [6.45, 7) is 0.0366. The Balaban J connectivity index is 1.75. The number of azide groups is 1. The topological polar surface area (TPSA) is 320 Å². The zero-order chi connectivity index (χ0) is 29.1. The lowest BCUT2D eigenvalue weighted by atomic mass is 9.97. The van der Waals surface area contributed by atoms with Crippen molar-refractivity contribution >= 4 is 21.6 Å². The van der Waals surface area contributed by atoms with E-state index in [1.807, 2.05) is 4.98 Å². The number of nitrogens with one attached hydrogen (secondary N) is 2.